The molecule has 3 N–H and O–H groups in total. The summed E-state index contributed by atoms with van der Waals surface area (Å²) >= 11 is 1.84. The number of carbonyl (C=O) groups excluding carboxylic acids is 1. The zero-order chi connectivity index (χ0) is 15.8. The first-order chi connectivity index (χ1) is 10.7. The summed E-state index contributed by atoms with van der Waals surface area (Å²) < 4.78 is 0. The van der Waals surface area contributed by atoms with Crippen molar-refractivity contribution >= 4 is 41.5 Å². The lowest BCUT2D eigenvalue weighted by Crippen LogP contribution is -2.12. The molecule has 0 saturated heterocycles. The number of aryl methyl sites for hydroxylation is 2. The van der Waals surface area contributed by atoms with Crippen LogP contribution in [0.25, 0.3) is 0 Å². The Bertz CT molecular complexity index is 617. The van der Waals surface area contributed by atoms with Crippen molar-refractivity contribution in [1.82, 2.24) is 0 Å². The molecule has 124 valence electrons. The minimum atomic E-state index is 0. The standard InChI is InChI=1S/C18H22N2OS.ClH/c1-22-13-12-14-6-9-16(10-7-14)20-18(21)11-8-15-4-2-3-5-17(15)19;/h2-7,9-10H,8,11-13,19H2,1H3,(H,20,21);1H. The number of thioether (sulfide) groups is 1. The third-order valence-electron chi connectivity index (χ3n) is 3.51. The second-order valence-corrected chi connectivity index (χ2v) is 6.17. The minimum absolute atomic E-state index is 0. The SMILES string of the molecule is CSCCc1ccc(NC(=O)CCc2ccccc2N)cc1.Cl. The average molecular weight is 351 g/mol. The summed E-state index contributed by atoms with van der Waals surface area (Å²) in [5, 5.41) is 2.93. The van der Waals surface area contributed by atoms with E-state index in [1.165, 1.54) is 5.56 Å². The first kappa shape index (κ1) is 19.4. The van der Waals surface area contributed by atoms with E-state index in [1.807, 2.05) is 48.2 Å². The average Bonchev–Trinajstić information content (AvgIpc) is 2.53. The number of rotatable bonds is 7. The van der Waals surface area contributed by atoms with Gasteiger partial charge in [-0.05, 0) is 54.2 Å². The van der Waals surface area contributed by atoms with Crippen molar-refractivity contribution in [3.8, 4) is 0 Å². The number of para-hydroxylation sites is 1. The summed E-state index contributed by atoms with van der Waals surface area (Å²) in [5.74, 6) is 1.13. The van der Waals surface area contributed by atoms with E-state index in [2.05, 4.69) is 23.7 Å². The Hall–Kier alpha value is -1.65. The number of nitrogens with two attached hydrogens (primary N) is 1. The largest absolute Gasteiger partial charge is 0.399 e. The lowest BCUT2D eigenvalue weighted by atomic mass is 10.1. The molecular weight excluding hydrogens is 328 g/mol. The van der Waals surface area contributed by atoms with Crippen LogP contribution in [0.4, 0.5) is 11.4 Å². The number of nitrogen functional groups attached to an aromatic ring is 1. The van der Waals surface area contributed by atoms with Crippen LogP contribution in [-0.4, -0.2) is 17.9 Å². The summed E-state index contributed by atoms with van der Waals surface area (Å²) in [4.78, 5) is 12.0. The summed E-state index contributed by atoms with van der Waals surface area (Å²) in [6.07, 6.45) is 4.25. The predicted octanol–water partition coefficient (Wildman–Crippen LogP) is 4.17. The van der Waals surface area contributed by atoms with Crippen LogP contribution < -0.4 is 11.1 Å². The third kappa shape index (κ3) is 6.55. The smallest absolute Gasteiger partial charge is 0.224 e. The van der Waals surface area contributed by atoms with Gasteiger partial charge < -0.3 is 11.1 Å². The van der Waals surface area contributed by atoms with Gasteiger partial charge in [0.25, 0.3) is 0 Å². The van der Waals surface area contributed by atoms with E-state index in [0.29, 0.717) is 12.8 Å². The van der Waals surface area contributed by atoms with Gasteiger partial charge in [0.15, 0.2) is 0 Å². The predicted molar refractivity (Wildman–Crippen MR) is 104 cm³/mol. The van der Waals surface area contributed by atoms with Crippen molar-refractivity contribution in [2.75, 3.05) is 23.1 Å². The molecule has 0 unspecified atom stereocenters. The maximum atomic E-state index is 12.0. The highest BCUT2D eigenvalue weighted by Gasteiger charge is 2.05. The van der Waals surface area contributed by atoms with Gasteiger partial charge in [-0.3, -0.25) is 4.79 Å². The molecule has 0 saturated carbocycles. The molecule has 0 heterocycles. The van der Waals surface area contributed by atoms with Gasteiger partial charge in [-0.25, -0.2) is 0 Å². The van der Waals surface area contributed by atoms with E-state index in [9.17, 15) is 4.79 Å². The molecule has 2 rings (SSSR count). The van der Waals surface area contributed by atoms with Crippen molar-refractivity contribution in [1.29, 1.82) is 0 Å². The molecule has 1 amide bonds. The number of nitrogens with one attached hydrogen (secondary N) is 1. The molecule has 0 aliphatic carbocycles. The van der Waals surface area contributed by atoms with Crippen LogP contribution in [0.2, 0.25) is 0 Å². The van der Waals surface area contributed by atoms with Gasteiger partial charge in [0.1, 0.15) is 0 Å². The van der Waals surface area contributed by atoms with Gasteiger partial charge in [0, 0.05) is 17.8 Å². The fourth-order valence-electron chi connectivity index (χ4n) is 2.21. The van der Waals surface area contributed by atoms with E-state index in [4.69, 9.17) is 5.73 Å². The fraction of sp³-hybridized carbons (Fsp3) is 0.278. The Morgan fingerprint density at radius 3 is 2.43 bits per heavy atom. The summed E-state index contributed by atoms with van der Waals surface area (Å²) in [6, 6.07) is 15.7. The minimum Gasteiger partial charge on any atom is -0.399 e. The van der Waals surface area contributed by atoms with Crippen LogP contribution in [0.3, 0.4) is 0 Å². The molecule has 2 aromatic carbocycles. The molecule has 0 atom stereocenters. The Labute approximate surface area is 148 Å². The first-order valence-electron chi connectivity index (χ1n) is 7.40. The quantitative estimate of drug-likeness (QED) is 0.737. The van der Waals surface area contributed by atoms with E-state index in [0.717, 1.165) is 29.1 Å². The van der Waals surface area contributed by atoms with Crippen LogP contribution >= 0.6 is 24.2 Å². The van der Waals surface area contributed by atoms with Crippen molar-refractivity contribution < 1.29 is 4.79 Å². The Balaban J connectivity index is 0.00000264. The molecule has 0 spiro atoms. The number of halogens is 1. The second-order valence-electron chi connectivity index (χ2n) is 5.19. The summed E-state index contributed by atoms with van der Waals surface area (Å²) in [6.45, 7) is 0. The van der Waals surface area contributed by atoms with E-state index < -0.39 is 0 Å². The molecule has 0 aliphatic heterocycles. The number of carbonyl (C=O) groups is 1. The van der Waals surface area contributed by atoms with Crippen LogP contribution in [-0.2, 0) is 17.6 Å². The Morgan fingerprint density at radius 2 is 1.78 bits per heavy atom. The lowest BCUT2D eigenvalue weighted by molar-refractivity contribution is -0.116. The van der Waals surface area contributed by atoms with Gasteiger partial charge in [-0.1, -0.05) is 30.3 Å². The molecule has 0 aromatic heterocycles. The zero-order valence-corrected chi connectivity index (χ0v) is 14.9. The van der Waals surface area contributed by atoms with E-state index in [-0.39, 0.29) is 18.3 Å². The first-order valence-corrected chi connectivity index (χ1v) is 8.79. The van der Waals surface area contributed by atoms with Gasteiger partial charge in [-0.15, -0.1) is 12.4 Å². The van der Waals surface area contributed by atoms with Gasteiger partial charge in [0.2, 0.25) is 5.91 Å². The van der Waals surface area contributed by atoms with Crippen molar-refractivity contribution in [2.24, 2.45) is 0 Å². The van der Waals surface area contributed by atoms with Gasteiger partial charge in [-0.2, -0.15) is 11.8 Å². The van der Waals surface area contributed by atoms with Crippen molar-refractivity contribution in [3.63, 3.8) is 0 Å². The van der Waals surface area contributed by atoms with Crippen LogP contribution in [0.5, 0.6) is 0 Å². The Morgan fingerprint density at radius 1 is 1.09 bits per heavy atom. The molecule has 0 aliphatic rings. The van der Waals surface area contributed by atoms with Gasteiger partial charge >= 0.3 is 0 Å². The number of hydrogen-bond acceptors (Lipinski definition) is 3. The number of hydrogen-bond donors (Lipinski definition) is 2. The highest BCUT2D eigenvalue weighted by atomic mass is 35.5. The molecular formula is C18H23ClN2OS. The zero-order valence-electron chi connectivity index (χ0n) is 13.2. The molecule has 23 heavy (non-hydrogen) atoms. The topological polar surface area (TPSA) is 55.1 Å². The number of anilines is 2. The molecule has 2 aromatic rings. The monoisotopic (exact) mass is 350 g/mol. The Kier molecular flexibility index (Phi) is 8.59. The maximum absolute atomic E-state index is 12.0. The molecule has 3 nitrogen and oxygen atoms in total. The van der Waals surface area contributed by atoms with Gasteiger partial charge in [0.05, 0.1) is 0 Å². The summed E-state index contributed by atoms with van der Waals surface area (Å²) in [7, 11) is 0. The normalized spacial score (nSPS) is 9.96. The third-order valence-corrected chi connectivity index (χ3v) is 4.12. The maximum Gasteiger partial charge on any atom is 0.224 e. The van der Waals surface area contributed by atoms with Crippen LogP contribution in [0.1, 0.15) is 17.5 Å². The lowest BCUT2D eigenvalue weighted by Gasteiger charge is -2.08. The van der Waals surface area contributed by atoms with E-state index in [1.54, 1.807) is 0 Å². The number of benzene rings is 2. The highest BCUT2D eigenvalue weighted by molar-refractivity contribution is 7.98. The molecule has 0 bridgehead atoms. The number of amides is 1. The van der Waals surface area contributed by atoms with Crippen LogP contribution in [0, 0.1) is 0 Å². The second kappa shape index (κ2) is 10.2. The highest BCUT2D eigenvalue weighted by Crippen LogP contribution is 2.15. The van der Waals surface area contributed by atoms with E-state index >= 15 is 0 Å². The molecule has 0 radical (unpaired) electrons. The molecule has 5 heteroatoms. The summed E-state index contributed by atoms with van der Waals surface area (Å²) in [5.41, 5.74) is 9.79. The molecule has 0 fully saturated rings. The van der Waals surface area contributed by atoms with Crippen molar-refractivity contribution in [3.05, 3.63) is 59.7 Å². The van der Waals surface area contributed by atoms with Crippen LogP contribution in [0.15, 0.2) is 48.5 Å². The van der Waals surface area contributed by atoms with Crippen molar-refractivity contribution in [2.45, 2.75) is 19.3 Å². The fourth-order valence-corrected chi connectivity index (χ4v) is 2.65.